The highest BCUT2D eigenvalue weighted by molar-refractivity contribution is 5.94. The number of methoxy groups -OCH3 is 2. The average Bonchev–Trinajstić information content (AvgIpc) is 3.49. The van der Waals surface area contributed by atoms with Crippen molar-refractivity contribution in [2.24, 2.45) is 11.8 Å². The molecule has 0 bridgehead atoms. The maximum absolute atomic E-state index is 15.1. The van der Waals surface area contributed by atoms with E-state index in [9.17, 15) is 9.59 Å². The lowest BCUT2D eigenvalue weighted by Gasteiger charge is -2.40. The van der Waals surface area contributed by atoms with E-state index in [1.165, 1.54) is 18.7 Å². The van der Waals surface area contributed by atoms with Crippen LogP contribution < -0.4 is 31.0 Å². The molecule has 1 aliphatic carbocycles. The number of pyridine rings is 2. The van der Waals surface area contributed by atoms with E-state index in [0.29, 0.717) is 48.3 Å². The number of rotatable bonds is 9. The van der Waals surface area contributed by atoms with Crippen molar-refractivity contribution in [3.63, 3.8) is 0 Å². The standard InChI is InChI=1S/C34H42FN7O4/c1-20-15-21(11-13-36-20)32-25-16-22(7-9-28(25)40-41-32)33(43)38-23-8-10-29(34(44)39-31-17-24(45-2)12-14-37-31)42(18-23)19-26-27(35)5-4-6-30(26)46-3/h4-6,11-15,17,22-23,25,28-29,32,40-41H,7-10,16,18-19H2,1-3H3,(H,38,43)(H,37,39,44)/t22?,23-,25?,28?,29+,32?/m1/s1. The van der Waals surface area contributed by atoms with Gasteiger partial charge in [-0.1, -0.05) is 6.07 Å². The molecule has 12 heteroatoms. The smallest absolute Gasteiger partial charge is 0.242 e. The van der Waals surface area contributed by atoms with Crippen molar-refractivity contribution in [3.05, 3.63) is 77.5 Å². The summed E-state index contributed by atoms with van der Waals surface area (Å²) in [4.78, 5) is 37.8. The number of likely N-dealkylation sites (tertiary alicyclic amines) is 1. The SMILES string of the molecule is COc1ccnc(NC(=O)[C@@H]2CC[C@@H](NC(=O)C3CCC4NNC(c5ccnc(C)c5)C4C3)CN2Cc2c(F)cccc2OC)c1. The number of hydrogen-bond donors (Lipinski definition) is 4. The van der Waals surface area contributed by atoms with Crippen molar-refractivity contribution in [2.75, 3.05) is 26.1 Å². The first-order valence-corrected chi connectivity index (χ1v) is 15.9. The van der Waals surface area contributed by atoms with Crippen LogP contribution >= 0.6 is 0 Å². The van der Waals surface area contributed by atoms with Gasteiger partial charge in [-0.25, -0.2) is 14.8 Å². The predicted octanol–water partition coefficient (Wildman–Crippen LogP) is 3.66. The van der Waals surface area contributed by atoms with Gasteiger partial charge in [-0.2, -0.15) is 0 Å². The van der Waals surface area contributed by atoms with E-state index < -0.39 is 11.9 Å². The zero-order valence-electron chi connectivity index (χ0n) is 26.5. The number of piperidine rings is 1. The quantitative estimate of drug-likeness (QED) is 0.280. The molecule has 244 valence electrons. The average molecular weight is 632 g/mol. The lowest BCUT2D eigenvalue weighted by Crippen LogP contribution is -2.56. The second-order valence-corrected chi connectivity index (χ2v) is 12.5. The molecule has 6 atom stereocenters. The van der Waals surface area contributed by atoms with Crippen LogP contribution in [0, 0.1) is 24.6 Å². The molecule has 3 aromatic rings. The number of aryl methyl sites for hydroxylation is 1. The van der Waals surface area contributed by atoms with Gasteiger partial charge in [-0.15, -0.1) is 0 Å². The van der Waals surface area contributed by atoms with Gasteiger partial charge in [0.1, 0.15) is 23.1 Å². The number of nitrogens with one attached hydrogen (secondary N) is 4. The molecule has 4 N–H and O–H groups in total. The molecular formula is C34H42FN7O4. The number of fused-ring (bicyclic) bond motifs is 1. The summed E-state index contributed by atoms with van der Waals surface area (Å²) < 4.78 is 25.8. The Labute approximate surface area is 268 Å². The molecule has 46 heavy (non-hydrogen) atoms. The summed E-state index contributed by atoms with van der Waals surface area (Å²) in [7, 11) is 3.05. The van der Waals surface area contributed by atoms with Gasteiger partial charge in [-0.3, -0.25) is 24.9 Å². The molecule has 3 fully saturated rings. The molecule has 2 saturated heterocycles. The Balaban J connectivity index is 1.15. The largest absolute Gasteiger partial charge is 0.497 e. The number of nitrogens with zero attached hydrogens (tertiary/aromatic N) is 3. The van der Waals surface area contributed by atoms with Crippen molar-refractivity contribution in [3.8, 4) is 11.5 Å². The van der Waals surface area contributed by atoms with Gasteiger partial charge >= 0.3 is 0 Å². The van der Waals surface area contributed by atoms with Gasteiger partial charge in [0.05, 0.1) is 26.3 Å². The monoisotopic (exact) mass is 631 g/mol. The summed E-state index contributed by atoms with van der Waals surface area (Å²) in [5.41, 5.74) is 9.42. The van der Waals surface area contributed by atoms with E-state index in [-0.39, 0.29) is 42.3 Å². The van der Waals surface area contributed by atoms with E-state index in [4.69, 9.17) is 9.47 Å². The molecule has 2 aliphatic heterocycles. The highest BCUT2D eigenvalue weighted by Crippen LogP contribution is 2.40. The number of amides is 2. The summed E-state index contributed by atoms with van der Waals surface area (Å²) in [5.74, 6) is 0.891. The Bertz CT molecular complexity index is 1560. The number of ether oxygens (including phenoxy) is 2. The lowest BCUT2D eigenvalue weighted by atomic mass is 9.74. The highest BCUT2D eigenvalue weighted by atomic mass is 19.1. The van der Waals surface area contributed by atoms with Gasteiger partial charge in [0.25, 0.3) is 0 Å². The van der Waals surface area contributed by atoms with Crippen LogP contribution in [0.3, 0.4) is 0 Å². The van der Waals surface area contributed by atoms with Crippen LogP contribution in [0.2, 0.25) is 0 Å². The molecule has 1 saturated carbocycles. The molecule has 4 heterocycles. The molecule has 0 radical (unpaired) electrons. The minimum absolute atomic E-state index is 0.0342. The van der Waals surface area contributed by atoms with Crippen molar-refractivity contribution >= 4 is 17.6 Å². The van der Waals surface area contributed by atoms with Crippen molar-refractivity contribution in [1.29, 1.82) is 0 Å². The van der Waals surface area contributed by atoms with Crippen molar-refractivity contribution in [2.45, 2.75) is 69.7 Å². The number of carbonyl (C=O) groups excluding carboxylic acids is 2. The second kappa shape index (κ2) is 14.1. The first kappa shape index (κ1) is 31.8. The van der Waals surface area contributed by atoms with Gasteiger partial charge in [-0.05, 0) is 80.8 Å². The Morgan fingerprint density at radius 2 is 1.85 bits per heavy atom. The fraction of sp³-hybridized carbons (Fsp3) is 0.471. The molecule has 2 aromatic heterocycles. The Morgan fingerprint density at radius 3 is 2.65 bits per heavy atom. The van der Waals surface area contributed by atoms with E-state index in [1.807, 2.05) is 24.1 Å². The van der Waals surface area contributed by atoms with Crippen LogP contribution in [-0.4, -0.2) is 65.6 Å². The molecule has 4 unspecified atom stereocenters. The summed E-state index contributed by atoms with van der Waals surface area (Å²) in [6, 6.07) is 11.8. The van der Waals surface area contributed by atoms with Gasteiger partial charge in [0.15, 0.2) is 0 Å². The van der Waals surface area contributed by atoms with Crippen molar-refractivity contribution in [1.82, 2.24) is 31.0 Å². The molecule has 0 spiro atoms. The third-order valence-electron chi connectivity index (χ3n) is 9.61. The summed E-state index contributed by atoms with van der Waals surface area (Å²) in [6.07, 6.45) is 6.95. The van der Waals surface area contributed by atoms with Crippen molar-refractivity contribution < 1.29 is 23.5 Å². The maximum Gasteiger partial charge on any atom is 0.242 e. The molecular weight excluding hydrogens is 589 g/mol. The summed E-state index contributed by atoms with van der Waals surface area (Å²) in [6.45, 7) is 2.51. The van der Waals surface area contributed by atoms with E-state index in [2.05, 4.69) is 37.5 Å². The normalized spacial score (nSPS) is 26.2. The van der Waals surface area contributed by atoms with Crippen LogP contribution in [-0.2, 0) is 16.1 Å². The number of aromatic nitrogens is 2. The van der Waals surface area contributed by atoms with Crippen LogP contribution in [0.1, 0.15) is 55.0 Å². The first-order valence-electron chi connectivity index (χ1n) is 15.9. The van der Waals surface area contributed by atoms with Crippen LogP contribution in [0.25, 0.3) is 0 Å². The van der Waals surface area contributed by atoms with E-state index in [1.54, 1.807) is 37.6 Å². The van der Waals surface area contributed by atoms with E-state index in [0.717, 1.165) is 25.0 Å². The number of hydrazine groups is 1. The number of benzene rings is 1. The van der Waals surface area contributed by atoms with Gasteiger partial charge in [0, 0.05) is 60.8 Å². The second-order valence-electron chi connectivity index (χ2n) is 12.5. The predicted molar refractivity (Wildman–Crippen MR) is 170 cm³/mol. The first-order chi connectivity index (χ1) is 22.3. The summed E-state index contributed by atoms with van der Waals surface area (Å²) in [5, 5.41) is 6.19. The topological polar surface area (TPSA) is 130 Å². The number of anilines is 1. The number of halogens is 1. The zero-order valence-corrected chi connectivity index (χ0v) is 26.5. The molecule has 3 aliphatic rings. The minimum Gasteiger partial charge on any atom is -0.497 e. The molecule has 1 aromatic carbocycles. The fourth-order valence-corrected chi connectivity index (χ4v) is 7.24. The van der Waals surface area contributed by atoms with E-state index >= 15 is 4.39 Å². The van der Waals surface area contributed by atoms with Crippen LogP contribution in [0.15, 0.2) is 54.9 Å². The Hall–Kier alpha value is -4.13. The lowest BCUT2D eigenvalue weighted by molar-refractivity contribution is -0.128. The third-order valence-corrected chi connectivity index (χ3v) is 9.61. The molecule has 6 rings (SSSR count). The minimum atomic E-state index is -0.568. The Morgan fingerprint density at radius 1 is 1.00 bits per heavy atom. The van der Waals surface area contributed by atoms with Crippen LogP contribution in [0.4, 0.5) is 10.2 Å². The fourth-order valence-electron chi connectivity index (χ4n) is 7.24. The number of hydrogen-bond acceptors (Lipinski definition) is 9. The zero-order chi connectivity index (χ0) is 32.2. The maximum atomic E-state index is 15.1. The highest BCUT2D eigenvalue weighted by Gasteiger charge is 2.43. The van der Waals surface area contributed by atoms with Gasteiger partial charge in [0.2, 0.25) is 11.8 Å². The third kappa shape index (κ3) is 6.98. The number of carbonyl (C=O) groups is 2. The van der Waals surface area contributed by atoms with Crippen LogP contribution in [0.5, 0.6) is 11.5 Å². The van der Waals surface area contributed by atoms with Gasteiger partial charge < -0.3 is 20.1 Å². The molecule has 11 nitrogen and oxygen atoms in total. The summed E-state index contributed by atoms with van der Waals surface area (Å²) >= 11 is 0. The Kier molecular flexibility index (Phi) is 9.76. The molecule has 2 amide bonds.